The second-order valence-corrected chi connectivity index (χ2v) is 4.24. The van der Waals surface area contributed by atoms with Crippen molar-refractivity contribution in [1.29, 1.82) is 0 Å². The van der Waals surface area contributed by atoms with E-state index in [1.165, 1.54) is 18.2 Å². The number of ether oxygens (including phenoxy) is 1. The second-order valence-electron chi connectivity index (χ2n) is 4.24. The molecule has 0 spiro atoms. The predicted octanol–water partition coefficient (Wildman–Crippen LogP) is 2.11. The lowest BCUT2D eigenvalue weighted by Gasteiger charge is -2.33. The van der Waals surface area contributed by atoms with Gasteiger partial charge in [0.2, 0.25) is 0 Å². The topological polar surface area (TPSA) is 64.3 Å². The van der Waals surface area contributed by atoms with E-state index >= 15 is 0 Å². The summed E-state index contributed by atoms with van der Waals surface area (Å²) in [4.78, 5) is 11.4. The average Bonchev–Trinajstić information content (AvgIpc) is 2.22. The molecule has 1 amide bonds. The van der Waals surface area contributed by atoms with Crippen molar-refractivity contribution in [2.75, 3.05) is 11.9 Å². The van der Waals surface area contributed by atoms with Crippen LogP contribution in [-0.2, 0) is 4.74 Å². The van der Waals surface area contributed by atoms with Crippen LogP contribution in [-0.4, -0.2) is 18.7 Å². The van der Waals surface area contributed by atoms with Gasteiger partial charge in [0.15, 0.2) is 0 Å². The number of nitrogens with two attached hydrogens (primary N) is 1. The van der Waals surface area contributed by atoms with Gasteiger partial charge in [-0.3, -0.25) is 5.32 Å². The van der Waals surface area contributed by atoms with Gasteiger partial charge in [-0.05, 0) is 43.5 Å². The van der Waals surface area contributed by atoms with E-state index in [1.54, 1.807) is 6.07 Å². The Hall–Kier alpha value is -1.62. The number of carbonyl (C=O) groups is 1. The summed E-state index contributed by atoms with van der Waals surface area (Å²) >= 11 is 0. The minimum Gasteiger partial charge on any atom is -0.446 e. The molecule has 0 atom stereocenters. The number of rotatable bonds is 3. The second kappa shape index (κ2) is 5.14. The lowest BCUT2D eigenvalue weighted by molar-refractivity contribution is 0.0278. The first-order valence-electron chi connectivity index (χ1n) is 5.60. The Morgan fingerprint density at radius 2 is 2.29 bits per heavy atom. The quantitative estimate of drug-likeness (QED) is 0.847. The van der Waals surface area contributed by atoms with Gasteiger partial charge in [-0.2, -0.15) is 0 Å². The summed E-state index contributed by atoms with van der Waals surface area (Å²) in [6.07, 6.45) is 1.02. The number of nitrogens with one attached hydrogen (secondary N) is 1. The van der Waals surface area contributed by atoms with Gasteiger partial charge in [0.05, 0.1) is 0 Å². The zero-order chi connectivity index (χ0) is 12.3. The van der Waals surface area contributed by atoms with Crippen LogP contribution in [0, 0.1) is 11.7 Å². The Labute approximate surface area is 98.9 Å². The largest absolute Gasteiger partial charge is 0.446 e. The third kappa shape index (κ3) is 3.17. The van der Waals surface area contributed by atoms with Crippen LogP contribution in [0.5, 0.6) is 0 Å². The number of carbonyl (C=O) groups excluding carboxylic acids is 1. The first kappa shape index (κ1) is 11.9. The van der Waals surface area contributed by atoms with Crippen LogP contribution in [0.3, 0.4) is 0 Å². The van der Waals surface area contributed by atoms with Crippen LogP contribution in [0.2, 0.25) is 0 Å². The molecule has 0 aliphatic heterocycles. The summed E-state index contributed by atoms with van der Waals surface area (Å²) in [7, 11) is 0. The van der Waals surface area contributed by atoms with Gasteiger partial charge in [-0.25, -0.2) is 9.18 Å². The number of anilines is 1. The fourth-order valence-corrected chi connectivity index (χ4v) is 1.83. The molecule has 0 heterocycles. The molecule has 0 radical (unpaired) electrons. The molecule has 1 saturated carbocycles. The van der Waals surface area contributed by atoms with Crippen molar-refractivity contribution in [3.63, 3.8) is 0 Å². The Morgan fingerprint density at radius 3 is 2.94 bits per heavy atom. The Morgan fingerprint density at radius 1 is 1.53 bits per heavy atom. The van der Waals surface area contributed by atoms with E-state index in [9.17, 15) is 9.18 Å². The minimum absolute atomic E-state index is 0.0582. The molecule has 1 aromatic carbocycles. The molecule has 17 heavy (non-hydrogen) atoms. The zero-order valence-corrected chi connectivity index (χ0v) is 9.36. The predicted molar refractivity (Wildman–Crippen MR) is 62.1 cm³/mol. The minimum atomic E-state index is -0.545. The molecule has 1 fully saturated rings. The summed E-state index contributed by atoms with van der Waals surface area (Å²) in [5.74, 6) is 0.0663. The summed E-state index contributed by atoms with van der Waals surface area (Å²) in [6, 6.07) is 5.69. The number of amides is 1. The van der Waals surface area contributed by atoms with Gasteiger partial charge in [0.1, 0.15) is 11.9 Å². The number of hydrogen-bond donors (Lipinski definition) is 2. The van der Waals surface area contributed by atoms with E-state index < -0.39 is 11.9 Å². The van der Waals surface area contributed by atoms with Gasteiger partial charge in [0, 0.05) is 5.69 Å². The third-order valence-electron chi connectivity index (χ3n) is 2.87. The van der Waals surface area contributed by atoms with E-state index in [4.69, 9.17) is 10.5 Å². The van der Waals surface area contributed by atoms with Crippen LogP contribution >= 0.6 is 0 Å². The van der Waals surface area contributed by atoms with Gasteiger partial charge in [0.25, 0.3) is 0 Å². The molecular formula is C12H15FN2O2. The van der Waals surface area contributed by atoms with Crippen LogP contribution in [0.1, 0.15) is 12.8 Å². The molecule has 0 bridgehead atoms. The van der Waals surface area contributed by atoms with E-state index in [2.05, 4.69) is 5.32 Å². The van der Waals surface area contributed by atoms with Gasteiger partial charge in [-0.15, -0.1) is 0 Å². The third-order valence-corrected chi connectivity index (χ3v) is 2.87. The Balaban J connectivity index is 1.78. The first-order chi connectivity index (χ1) is 8.17. The van der Waals surface area contributed by atoms with E-state index in [1.807, 2.05) is 0 Å². The molecular weight excluding hydrogens is 223 g/mol. The maximum absolute atomic E-state index is 12.8. The maximum atomic E-state index is 12.8. The van der Waals surface area contributed by atoms with Crippen molar-refractivity contribution in [2.45, 2.75) is 18.9 Å². The number of halogens is 1. The van der Waals surface area contributed by atoms with Gasteiger partial charge >= 0.3 is 6.09 Å². The number of hydrogen-bond acceptors (Lipinski definition) is 3. The lowest BCUT2D eigenvalue weighted by Crippen LogP contribution is -2.38. The van der Waals surface area contributed by atoms with E-state index in [0.29, 0.717) is 18.2 Å². The smallest absolute Gasteiger partial charge is 0.411 e. The Bertz CT molecular complexity index is 405. The molecule has 5 heteroatoms. The normalized spacial score (nSPS) is 22.7. The molecule has 2 rings (SSSR count). The molecule has 1 aliphatic carbocycles. The summed E-state index contributed by atoms with van der Waals surface area (Å²) in [5, 5.41) is 2.48. The summed E-state index contributed by atoms with van der Waals surface area (Å²) < 4.78 is 18.0. The standard InChI is InChI=1S/C12H15FN2O2/c13-9-2-1-3-10(6-9)15-12(16)17-11-4-8(5-11)7-14/h1-3,6,8,11H,4-5,7,14H2,(H,15,16). The highest BCUT2D eigenvalue weighted by molar-refractivity contribution is 5.84. The zero-order valence-electron chi connectivity index (χ0n) is 9.36. The molecule has 1 aromatic rings. The monoisotopic (exact) mass is 238 g/mol. The SMILES string of the molecule is NCC1CC(OC(=O)Nc2cccc(F)c2)C1. The first-order valence-corrected chi connectivity index (χ1v) is 5.60. The maximum Gasteiger partial charge on any atom is 0.411 e. The van der Waals surface area contributed by atoms with Crippen molar-refractivity contribution < 1.29 is 13.9 Å². The molecule has 92 valence electrons. The molecule has 0 saturated heterocycles. The van der Waals surface area contributed by atoms with Crippen molar-refractivity contribution in [1.82, 2.24) is 0 Å². The lowest BCUT2D eigenvalue weighted by atomic mass is 9.82. The van der Waals surface area contributed by atoms with Crippen LogP contribution < -0.4 is 11.1 Å². The highest BCUT2D eigenvalue weighted by Crippen LogP contribution is 2.29. The van der Waals surface area contributed by atoms with E-state index in [-0.39, 0.29) is 6.10 Å². The fourth-order valence-electron chi connectivity index (χ4n) is 1.83. The van der Waals surface area contributed by atoms with Crippen LogP contribution in [0.15, 0.2) is 24.3 Å². The summed E-state index contributed by atoms with van der Waals surface area (Å²) in [6.45, 7) is 0.630. The molecule has 0 aromatic heterocycles. The van der Waals surface area contributed by atoms with Crippen molar-refractivity contribution in [3.05, 3.63) is 30.1 Å². The molecule has 1 aliphatic rings. The van der Waals surface area contributed by atoms with Gasteiger partial charge in [-0.1, -0.05) is 6.07 Å². The van der Waals surface area contributed by atoms with Crippen LogP contribution in [0.25, 0.3) is 0 Å². The van der Waals surface area contributed by atoms with Crippen molar-refractivity contribution in [2.24, 2.45) is 11.7 Å². The average molecular weight is 238 g/mol. The molecule has 4 nitrogen and oxygen atoms in total. The fraction of sp³-hybridized carbons (Fsp3) is 0.417. The van der Waals surface area contributed by atoms with Gasteiger partial charge < -0.3 is 10.5 Å². The van der Waals surface area contributed by atoms with Crippen molar-refractivity contribution >= 4 is 11.8 Å². The molecule has 3 N–H and O–H groups in total. The van der Waals surface area contributed by atoms with Crippen molar-refractivity contribution in [3.8, 4) is 0 Å². The number of benzene rings is 1. The van der Waals surface area contributed by atoms with E-state index in [0.717, 1.165) is 12.8 Å². The molecule has 0 unspecified atom stereocenters. The van der Waals surface area contributed by atoms with Crippen LogP contribution in [0.4, 0.5) is 14.9 Å². The summed E-state index contributed by atoms with van der Waals surface area (Å²) in [5.41, 5.74) is 5.86. The highest BCUT2D eigenvalue weighted by atomic mass is 19.1. The Kier molecular flexibility index (Phi) is 3.58. The highest BCUT2D eigenvalue weighted by Gasteiger charge is 2.30.